The summed E-state index contributed by atoms with van der Waals surface area (Å²) in [6.45, 7) is -0.0268. The molecule has 0 unspecified atom stereocenters. The van der Waals surface area contributed by atoms with E-state index in [1.165, 1.54) is 16.0 Å². The lowest BCUT2D eigenvalue weighted by Gasteiger charge is -2.27. The highest BCUT2D eigenvalue weighted by molar-refractivity contribution is 5.84. The molecule has 0 spiro atoms. The van der Waals surface area contributed by atoms with Crippen molar-refractivity contribution in [2.75, 3.05) is 20.7 Å². The lowest BCUT2D eigenvalue weighted by atomic mass is 9.81. The highest BCUT2D eigenvalue weighted by Crippen LogP contribution is 2.36. The van der Waals surface area contributed by atoms with Crippen molar-refractivity contribution in [1.29, 1.82) is 0 Å². The summed E-state index contributed by atoms with van der Waals surface area (Å²) in [5.74, 6) is 0.538. The maximum Gasteiger partial charge on any atom is 0.237 e. The number of nitrogens with two attached hydrogens (primary N) is 1. The Bertz CT molecular complexity index is 542. The van der Waals surface area contributed by atoms with Gasteiger partial charge >= 0.3 is 0 Å². The smallest absolute Gasteiger partial charge is 0.237 e. The summed E-state index contributed by atoms with van der Waals surface area (Å²) in [5, 5.41) is 0. The number of hydrogen-bond acceptors (Lipinski definition) is 3. The number of ether oxygens (including phenoxy) is 1. The Balaban J connectivity index is 2.09. The van der Waals surface area contributed by atoms with Gasteiger partial charge in [0, 0.05) is 13.5 Å². The molecule has 2 N–H and O–H groups in total. The zero-order valence-corrected chi connectivity index (χ0v) is 12.6. The third-order valence-electron chi connectivity index (χ3n) is 4.03. The molecular formula is C16H22N2O3. The number of carbonyl (C=O) groups excluding carboxylic acids is 2. The van der Waals surface area contributed by atoms with E-state index in [2.05, 4.69) is 12.1 Å². The van der Waals surface area contributed by atoms with Crippen molar-refractivity contribution < 1.29 is 14.3 Å². The fourth-order valence-corrected chi connectivity index (χ4v) is 2.92. The zero-order valence-electron chi connectivity index (χ0n) is 12.6. The van der Waals surface area contributed by atoms with Crippen LogP contribution in [0.15, 0.2) is 18.2 Å². The number of benzene rings is 1. The summed E-state index contributed by atoms with van der Waals surface area (Å²) < 4.78 is 5.25. The Hall–Kier alpha value is -2.04. The normalized spacial score (nSPS) is 17.0. The molecular weight excluding hydrogens is 268 g/mol. The number of rotatable bonds is 5. The van der Waals surface area contributed by atoms with Crippen LogP contribution in [0.2, 0.25) is 0 Å². The number of aryl methyl sites for hydroxylation is 1. The number of carbonyl (C=O) groups is 2. The van der Waals surface area contributed by atoms with Crippen molar-refractivity contribution in [1.82, 2.24) is 4.90 Å². The largest absolute Gasteiger partial charge is 0.497 e. The van der Waals surface area contributed by atoms with Gasteiger partial charge in [-0.25, -0.2) is 0 Å². The van der Waals surface area contributed by atoms with Gasteiger partial charge in [0.15, 0.2) is 0 Å². The number of fused-ring (bicyclic) bond motifs is 1. The highest BCUT2D eigenvalue weighted by atomic mass is 16.5. The average Bonchev–Trinajstić information content (AvgIpc) is 2.46. The lowest BCUT2D eigenvalue weighted by molar-refractivity contribution is -0.134. The van der Waals surface area contributed by atoms with Crippen molar-refractivity contribution in [3.05, 3.63) is 29.3 Å². The van der Waals surface area contributed by atoms with E-state index >= 15 is 0 Å². The van der Waals surface area contributed by atoms with E-state index in [-0.39, 0.29) is 18.4 Å². The van der Waals surface area contributed by atoms with E-state index in [1.807, 2.05) is 6.07 Å². The summed E-state index contributed by atoms with van der Waals surface area (Å²) in [6, 6.07) is 6.05. The van der Waals surface area contributed by atoms with Crippen LogP contribution < -0.4 is 10.5 Å². The van der Waals surface area contributed by atoms with Crippen LogP contribution in [0.25, 0.3) is 0 Å². The van der Waals surface area contributed by atoms with Gasteiger partial charge in [-0.15, -0.1) is 0 Å². The molecule has 5 heteroatoms. The van der Waals surface area contributed by atoms with Crippen LogP contribution in [-0.4, -0.2) is 37.4 Å². The molecule has 5 nitrogen and oxygen atoms in total. The van der Waals surface area contributed by atoms with Gasteiger partial charge in [-0.3, -0.25) is 9.59 Å². The molecule has 0 bridgehead atoms. The fraction of sp³-hybridized carbons (Fsp3) is 0.500. The molecule has 1 aliphatic carbocycles. The van der Waals surface area contributed by atoms with Crippen LogP contribution in [0, 0.1) is 0 Å². The van der Waals surface area contributed by atoms with Crippen LogP contribution >= 0.6 is 0 Å². The first-order chi connectivity index (χ1) is 10.0. The second kappa shape index (κ2) is 6.61. The van der Waals surface area contributed by atoms with Crippen molar-refractivity contribution in [3.8, 4) is 5.75 Å². The zero-order chi connectivity index (χ0) is 15.4. The molecule has 0 aliphatic heterocycles. The molecule has 0 aromatic heterocycles. The Labute approximate surface area is 125 Å². The first-order valence-electron chi connectivity index (χ1n) is 7.20. The number of amides is 2. The Morgan fingerprint density at radius 1 is 1.43 bits per heavy atom. The number of nitrogens with zero attached hydrogens (tertiary/aromatic N) is 1. The molecule has 0 heterocycles. The predicted octanol–water partition coefficient (Wildman–Crippen LogP) is 1.45. The van der Waals surface area contributed by atoms with Gasteiger partial charge in [0.05, 0.1) is 13.7 Å². The van der Waals surface area contributed by atoms with Crippen molar-refractivity contribution in [2.24, 2.45) is 5.73 Å². The molecule has 2 amide bonds. The molecule has 1 aliphatic rings. The van der Waals surface area contributed by atoms with Gasteiger partial charge in [0.2, 0.25) is 11.8 Å². The quantitative estimate of drug-likeness (QED) is 0.892. The Morgan fingerprint density at radius 2 is 2.19 bits per heavy atom. The molecule has 0 radical (unpaired) electrons. The molecule has 0 saturated carbocycles. The van der Waals surface area contributed by atoms with Gasteiger partial charge in [0.1, 0.15) is 5.75 Å². The maximum atomic E-state index is 12.2. The fourth-order valence-electron chi connectivity index (χ4n) is 2.92. The number of primary amides is 1. The van der Waals surface area contributed by atoms with E-state index in [4.69, 9.17) is 10.5 Å². The maximum absolute atomic E-state index is 12.2. The van der Waals surface area contributed by atoms with Crippen molar-refractivity contribution >= 4 is 11.8 Å². The van der Waals surface area contributed by atoms with Crippen molar-refractivity contribution in [2.45, 2.75) is 31.6 Å². The summed E-state index contributed by atoms with van der Waals surface area (Å²) in [5.41, 5.74) is 7.61. The van der Waals surface area contributed by atoms with Gasteiger partial charge in [-0.2, -0.15) is 0 Å². The van der Waals surface area contributed by atoms with E-state index in [0.717, 1.165) is 25.0 Å². The second-order valence-corrected chi connectivity index (χ2v) is 5.57. The molecule has 21 heavy (non-hydrogen) atoms. The van der Waals surface area contributed by atoms with Gasteiger partial charge < -0.3 is 15.4 Å². The SMILES string of the molecule is COc1ccc2c(c1)CCC[C@@H]2CC(=O)N(C)CC(N)=O. The molecule has 2 rings (SSSR count). The predicted molar refractivity (Wildman–Crippen MR) is 80.1 cm³/mol. The number of likely N-dealkylation sites (N-methyl/N-ethyl adjacent to an activating group) is 1. The van der Waals surface area contributed by atoms with Crippen molar-refractivity contribution in [3.63, 3.8) is 0 Å². The minimum Gasteiger partial charge on any atom is -0.497 e. The third-order valence-corrected chi connectivity index (χ3v) is 4.03. The number of methoxy groups -OCH3 is 1. The summed E-state index contributed by atoms with van der Waals surface area (Å²) >= 11 is 0. The molecule has 114 valence electrons. The van der Waals surface area contributed by atoms with E-state index < -0.39 is 5.91 Å². The van der Waals surface area contributed by atoms with E-state index in [0.29, 0.717) is 6.42 Å². The third kappa shape index (κ3) is 3.74. The number of hydrogen-bond donors (Lipinski definition) is 1. The molecule has 1 aromatic carbocycles. The Kier molecular flexibility index (Phi) is 4.83. The van der Waals surface area contributed by atoms with Gasteiger partial charge in [0.25, 0.3) is 0 Å². The molecule has 1 atom stereocenters. The van der Waals surface area contributed by atoms with Crippen LogP contribution in [0.3, 0.4) is 0 Å². The lowest BCUT2D eigenvalue weighted by Crippen LogP contribution is -2.36. The van der Waals surface area contributed by atoms with E-state index in [9.17, 15) is 9.59 Å². The van der Waals surface area contributed by atoms with Crippen LogP contribution in [-0.2, 0) is 16.0 Å². The highest BCUT2D eigenvalue weighted by Gasteiger charge is 2.24. The monoisotopic (exact) mass is 290 g/mol. The summed E-state index contributed by atoms with van der Waals surface area (Å²) in [4.78, 5) is 24.5. The first kappa shape index (κ1) is 15.4. The molecule has 0 fully saturated rings. The van der Waals surface area contributed by atoms with Gasteiger partial charge in [-0.1, -0.05) is 6.07 Å². The Morgan fingerprint density at radius 3 is 2.86 bits per heavy atom. The minimum atomic E-state index is -0.486. The van der Waals surface area contributed by atoms with Crippen LogP contribution in [0.4, 0.5) is 0 Å². The van der Waals surface area contributed by atoms with Crippen LogP contribution in [0.5, 0.6) is 5.75 Å². The first-order valence-corrected chi connectivity index (χ1v) is 7.20. The topological polar surface area (TPSA) is 72.6 Å². The standard InChI is InChI=1S/C16H22N2O3/c1-18(10-15(17)19)16(20)9-12-5-3-4-11-8-13(21-2)6-7-14(11)12/h6-8,12H,3-5,9-10H2,1-2H3,(H2,17,19)/t12-/m1/s1. The van der Waals surface area contributed by atoms with E-state index in [1.54, 1.807) is 14.2 Å². The minimum absolute atomic E-state index is 0.0268. The van der Waals surface area contributed by atoms with Gasteiger partial charge in [-0.05, 0) is 48.4 Å². The molecule has 0 saturated heterocycles. The van der Waals surface area contributed by atoms with Crippen LogP contribution in [0.1, 0.15) is 36.3 Å². The molecule has 1 aromatic rings. The second-order valence-electron chi connectivity index (χ2n) is 5.57. The summed E-state index contributed by atoms with van der Waals surface area (Å²) in [7, 11) is 3.27. The summed E-state index contributed by atoms with van der Waals surface area (Å²) in [6.07, 6.45) is 3.50. The average molecular weight is 290 g/mol.